The number of benzene rings is 1. The van der Waals surface area contributed by atoms with E-state index < -0.39 is 11.7 Å². The molecule has 4 heteroatoms. The molecular weight excluding hydrogens is 161 g/mol. The van der Waals surface area contributed by atoms with E-state index >= 15 is 0 Å². The first-order chi connectivity index (χ1) is 5.70. The largest absolute Gasteiger partial charge is 0.481 e. The van der Waals surface area contributed by atoms with Gasteiger partial charge in [0.25, 0.3) is 5.91 Å². The highest BCUT2D eigenvalue weighted by atomic mass is 19.1. The van der Waals surface area contributed by atoms with Crippen LogP contribution in [0.25, 0.3) is 0 Å². The first-order valence-electron chi connectivity index (χ1n) is 3.36. The maximum atomic E-state index is 12.8. The molecule has 3 nitrogen and oxygen atoms in total. The number of hydrogen-bond donors (Lipinski definition) is 1. The number of primary amides is 1. The van der Waals surface area contributed by atoms with Gasteiger partial charge >= 0.3 is 0 Å². The van der Waals surface area contributed by atoms with Crippen LogP contribution in [0.15, 0.2) is 24.3 Å². The summed E-state index contributed by atoms with van der Waals surface area (Å²) >= 11 is 0. The van der Waals surface area contributed by atoms with E-state index in [2.05, 4.69) is 0 Å². The molecule has 0 saturated carbocycles. The van der Waals surface area contributed by atoms with Gasteiger partial charge in [-0.25, -0.2) is 4.39 Å². The van der Waals surface area contributed by atoms with Crippen LogP contribution in [0.2, 0.25) is 0 Å². The highest BCUT2D eigenvalue weighted by molar-refractivity contribution is 5.75. The number of carbonyl (C=O) groups is 1. The normalized spacial score (nSPS) is 9.42. The predicted octanol–water partition coefficient (Wildman–Crippen LogP) is 0.690. The lowest BCUT2D eigenvalue weighted by Gasteiger charge is -2.03. The van der Waals surface area contributed by atoms with Crippen LogP contribution in [-0.2, 0) is 4.79 Å². The van der Waals surface area contributed by atoms with Gasteiger partial charge in [-0.1, -0.05) is 12.1 Å². The monoisotopic (exact) mass is 169 g/mol. The molecule has 0 spiro atoms. The summed E-state index contributed by atoms with van der Waals surface area (Å²) in [5.41, 5.74) is 4.80. The summed E-state index contributed by atoms with van der Waals surface area (Å²) in [6, 6.07) is 5.82. The lowest BCUT2D eigenvalue weighted by atomic mass is 10.3. The molecule has 12 heavy (non-hydrogen) atoms. The molecule has 2 N–H and O–H groups in total. The van der Waals surface area contributed by atoms with E-state index in [9.17, 15) is 9.18 Å². The Labute approximate surface area is 68.9 Å². The molecule has 0 aliphatic rings. The summed E-state index contributed by atoms with van der Waals surface area (Å²) < 4.78 is 17.5. The number of rotatable bonds is 3. The first-order valence-corrected chi connectivity index (χ1v) is 3.36. The zero-order chi connectivity index (χ0) is 8.97. The third kappa shape index (κ3) is 2.23. The van der Waals surface area contributed by atoms with Gasteiger partial charge in [0.05, 0.1) is 0 Å². The van der Waals surface area contributed by atoms with Crippen LogP contribution in [0.3, 0.4) is 0 Å². The number of para-hydroxylation sites is 1. The van der Waals surface area contributed by atoms with Crippen LogP contribution in [0.4, 0.5) is 4.39 Å². The van der Waals surface area contributed by atoms with Crippen LogP contribution in [0, 0.1) is 5.82 Å². The zero-order valence-electron chi connectivity index (χ0n) is 6.29. The van der Waals surface area contributed by atoms with Crippen LogP contribution in [0.5, 0.6) is 5.75 Å². The average molecular weight is 169 g/mol. The molecule has 0 aliphatic heterocycles. The van der Waals surface area contributed by atoms with Crippen LogP contribution >= 0.6 is 0 Å². The highest BCUT2D eigenvalue weighted by Gasteiger charge is 2.01. The molecule has 0 unspecified atom stereocenters. The van der Waals surface area contributed by atoms with Crippen molar-refractivity contribution in [2.24, 2.45) is 5.73 Å². The Kier molecular flexibility index (Phi) is 2.63. The van der Waals surface area contributed by atoms with Crippen molar-refractivity contribution >= 4 is 5.91 Å². The van der Waals surface area contributed by atoms with Gasteiger partial charge in [-0.05, 0) is 12.1 Å². The molecule has 1 amide bonds. The maximum absolute atomic E-state index is 12.8. The second-order valence-electron chi connectivity index (χ2n) is 2.19. The second-order valence-corrected chi connectivity index (χ2v) is 2.19. The van der Waals surface area contributed by atoms with E-state index in [-0.39, 0.29) is 12.4 Å². The zero-order valence-corrected chi connectivity index (χ0v) is 6.29. The summed E-state index contributed by atoms with van der Waals surface area (Å²) in [5.74, 6) is -1.09. The van der Waals surface area contributed by atoms with Gasteiger partial charge in [0.15, 0.2) is 18.2 Å². The third-order valence-corrected chi connectivity index (χ3v) is 1.21. The van der Waals surface area contributed by atoms with Gasteiger partial charge in [0.1, 0.15) is 0 Å². The quantitative estimate of drug-likeness (QED) is 0.723. The molecule has 0 radical (unpaired) electrons. The van der Waals surface area contributed by atoms with Crippen LogP contribution in [0.1, 0.15) is 0 Å². The minimum atomic E-state index is -0.627. The third-order valence-electron chi connectivity index (χ3n) is 1.21. The molecule has 0 atom stereocenters. The van der Waals surface area contributed by atoms with Crippen molar-refractivity contribution in [3.8, 4) is 5.75 Å². The summed E-state index contributed by atoms with van der Waals surface area (Å²) in [5, 5.41) is 0. The van der Waals surface area contributed by atoms with Crippen LogP contribution in [-0.4, -0.2) is 12.5 Å². The van der Waals surface area contributed by atoms with Gasteiger partial charge in [0, 0.05) is 0 Å². The summed E-state index contributed by atoms with van der Waals surface area (Å²) in [6.45, 7) is -0.305. The number of amides is 1. The lowest BCUT2D eigenvalue weighted by molar-refractivity contribution is -0.120. The molecular formula is C8H8FNO2. The van der Waals surface area contributed by atoms with Crippen molar-refractivity contribution in [1.82, 2.24) is 0 Å². The number of ether oxygens (including phenoxy) is 1. The first kappa shape index (κ1) is 8.52. The molecule has 0 fully saturated rings. The molecule has 0 aromatic heterocycles. The fourth-order valence-corrected chi connectivity index (χ4v) is 0.711. The molecule has 0 saturated heterocycles. The van der Waals surface area contributed by atoms with E-state index in [0.29, 0.717) is 0 Å². The van der Waals surface area contributed by atoms with Crippen molar-refractivity contribution in [1.29, 1.82) is 0 Å². The Morgan fingerprint density at radius 1 is 1.50 bits per heavy atom. The van der Waals surface area contributed by atoms with Crippen molar-refractivity contribution in [3.63, 3.8) is 0 Å². The Balaban J connectivity index is 2.63. The molecule has 1 rings (SSSR count). The van der Waals surface area contributed by atoms with E-state index in [0.717, 1.165) is 0 Å². The van der Waals surface area contributed by atoms with Gasteiger partial charge in [-0.3, -0.25) is 4.79 Å². The fourth-order valence-electron chi connectivity index (χ4n) is 0.711. The molecule has 64 valence electrons. The van der Waals surface area contributed by atoms with E-state index in [1.807, 2.05) is 0 Å². The smallest absolute Gasteiger partial charge is 0.255 e. The van der Waals surface area contributed by atoms with Gasteiger partial charge < -0.3 is 10.5 Å². The lowest BCUT2D eigenvalue weighted by Crippen LogP contribution is -2.20. The number of nitrogens with two attached hydrogens (primary N) is 1. The van der Waals surface area contributed by atoms with Crippen molar-refractivity contribution < 1.29 is 13.9 Å². The standard InChI is InChI=1S/C8H8FNO2/c9-6-3-1-2-4-7(6)12-5-8(10)11/h1-4H,5H2,(H2,10,11). The number of hydrogen-bond acceptors (Lipinski definition) is 2. The molecule has 1 aromatic carbocycles. The number of carbonyl (C=O) groups excluding carboxylic acids is 1. The van der Waals surface area contributed by atoms with Gasteiger partial charge in [-0.2, -0.15) is 0 Å². The highest BCUT2D eigenvalue weighted by Crippen LogP contribution is 2.14. The van der Waals surface area contributed by atoms with E-state index in [1.54, 1.807) is 6.07 Å². The summed E-state index contributed by atoms with van der Waals surface area (Å²) in [6.07, 6.45) is 0. The topological polar surface area (TPSA) is 52.3 Å². The molecule has 0 heterocycles. The fraction of sp³-hybridized carbons (Fsp3) is 0.125. The Hall–Kier alpha value is -1.58. The molecule has 1 aromatic rings. The Morgan fingerprint density at radius 2 is 2.17 bits per heavy atom. The van der Waals surface area contributed by atoms with Gasteiger partial charge in [-0.15, -0.1) is 0 Å². The van der Waals surface area contributed by atoms with E-state index in [4.69, 9.17) is 10.5 Å². The van der Waals surface area contributed by atoms with Gasteiger partial charge in [0.2, 0.25) is 0 Å². The minimum absolute atomic E-state index is 0.0382. The maximum Gasteiger partial charge on any atom is 0.255 e. The van der Waals surface area contributed by atoms with Crippen molar-refractivity contribution in [2.75, 3.05) is 6.61 Å². The Morgan fingerprint density at radius 3 is 2.75 bits per heavy atom. The SMILES string of the molecule is NC(=O)COc1ccccc1F. The van der Waals surface area contributed by atoms with Crippen molar-refractivity contribution in [3.05, 3.63) is 30.1 Å². The second kappa shape index (κ2) is 3.71. The summed E-state index contributed by atoms with van der Waals surface area (Å²) in [4.78, 5) is 10.3. The predicted molar refractivity (Wildman–Crippen MR) is 41.1 cm³/mol. The number of halogens is 1. The summed E-state index contributed by atoms with van der Waals surface area (Å²) in [7, 11) is 0. The Bertz CT molecular complexity index is 288. The van der Waals surface area contributed by atoms with Crippen LogP contribution < -0.4 is 10.5 Å². The van der Waals surface area contributed by atoms with E-state index in [1.165, 1.54) is 18.2 Å². The molecule has 0 bridgehead atoms. The minimum Gasteiger partial charge on any atom is -0.481 e. The average Bonchev–Trinajstić information content (AvgIpc) is 2.03. The van der Waals surface area contributed by atoms with Crippen molar-refractivity contribution in [2.45, 2.75) is 0 Å². The molecule has 0 aliphatic carbocycles.